The molecule has 6 nitrogen and oxygen atoms in total. The van der Waals surface area contributed by atoms with Crippen molar-refractivity contribution < 1.29 is 8.81 Å². The molecule has 0 spiro atoms. The maximum absolute atomic E-state index is 13.0. The van der Waals surface area contributed by atoms with Crippen molar-refractivity contribution in [2.24, 2.45) is 5.10 Å². The normalized spacial score (nSPS) is 11.4. The first kappa shape index (κ1) is 17.6. The van der Waals surface area contributed by atoms with Crippen molar-refractivity contribution in [3.05, 3.63) is 81.2 Å². The fourth-order valence-electron chi connectivity index (χ4n) is 2.51. The third-order valence-electron chi connectivity index (χ3n) is 3.87. The van der Waals surface area contributed by atoms with Crippen LogP contribution in [0.15, 0.2) is 74.3 Å². The highest BCUT2D eigenvalue weighted by Gasteiger charge is 2.14. The minimum Gasteiger partial charge on any atom is -0.422 e. The van der Waals surface area contributed by atoms with E-state index in [1.54, 1.807) is 23.6 Å². The van der Waals surface area contributed by atoms with E-state index in [4.69, 9.17) is 4.42 Å². The summed E-state index contributed by atoms with van der Waals surface area (Å²) in [6.07, 6.45) is 0. The first-order valence-corrected chi connectivity index (χ1v) is 9.00. The SMILES string of the molecule is N#C/C(=N\Nc1ccc(F)cc1)c1nc(-c2cc3ccccc3oc2=O)cs1. The zero-order valence-corrected chi connectivity index (χ0v) is 15.0. The van der Waals surface area contributed by atoms with Crippen LogP contribution in [-0.4, -0.2) is 10.7 Å². The maximum atomic E-state index is 13.0. The van der Waals surface area contributed by atoms with E-state index in [1.807, 2.05) is 18.2 Å². The molecule has 0 atom stereocenters. The first-order valence-electron chi connectivity index (χ1n) is 8.12. The lowest BCUT2D eigenvalue weighted by molar-refractivity contribution is 0.563. The topological polar surface area (TPSA) is 91.3 Å². The number of fused-ring (bicyclic) bond motifs is 1. The Labute approximate surface area is 162 Å². The standard InChI is InChI=1S/C20H11FN4O2S/c21-13-5-7-14(8-6-13)24-25-16(10-22)19-23-17(11-28-19)15-9-12-3-1-2-4-18(12)27-20(15)26/h1-9,11,24H/b25-16+. The van der Waals surface area contributed by atoms with Gasteiger partial charge in [-0.05, 0) is 36.4 Å². The number of hydrogen-bond donors (Lipinski definition) is 1. The number of hydrazone groups is 1. The average Bonchev–Trinajstić information content (AvgIpc) is 3.19. The molecule has 0 aliphatic carbocycles. The molecule has 2 aromatic carbocycles. The second kappa shape index (κ2) is 7.42. The van der Waals surface area contributed by atoms with Gasteiger partial charge in [0.2, 0.25) is 0 Å². The van der Waals surface area contributed by atoms with E-state index in [9.17, 15) is 14.4 Å². The molecule has 0 unspecified atom stereocenters. The molecule has 0 aliphatic rings. The molecule has 0 aliphatic heterocycles. The summed E-state index contributed by atoms with van der Waals surface area (Å²) < 4.78 is 18.3. The Hall–Kier alpha value is -3.83. The van der Waals surface area contributed by atoms with Gasteiger partial charge in [0, 0.05) is 10.8 Å². The number of aromatic nitrogens is 1. The van der Waals surface area contributed by atoms with Gasteiger partial charge in [-0.25, -0.2) is 14.2 Å². The van der Waals surface area contributed by atoms with Crippen molar-refractivity contribution in [2.75, 3.05) is 5.43 Å². The van der Waals surface area contributed by atoms with E-state index >= 15 is 0 Å². The number of benzene rings is 2. The molecule has 0 saturated heterocycles. The van der Waals surface area contributed by atoms with E-state index < -0.39 is 5.63 Å². The van der Waals surface area contributed by atoms with Crippen molar-refractivity contribution in [1.29, 1.82) is 5.26 Å². The van der Waals surface area contributed by atoms with Gasteiger partial charge >= 0.3 is 5.63 Å². The molecule has 4 rings (SSSR count). The van der Waals surface area contributed by atoms with Crippen LogP contribution in [0, 0.1) is 17.1 Å². The fourth-order valence-corrected chi connectivity index (χ4v) is 3.27. The van der Waals surface area contributed by atoms with E-state index in [0.717, 1.165) is 5.39 Å². The van der Waals surface area contributed by atoms with Gasteiger partial charge in [-0.1, -0.05) is 18.2 Å². The molecule has 0 bridgehead atoms. The van der Waals surface area contributed by atoms with E-state index in [1.165, 1.54) is 35.6 Å². The molecule has 0 fully saturated rings. The van der Waals surface area contributed by atoms with Crippen LogP contribution < -0.4 is 11.1 Å². The second-order valence-electron chi connectivity index (χ2n) is 5.71. The molecule has 8 heteroatoms. The van der Waals surface area contributed by atoms with Gasteiger partial charge in [0.25, 0.3) is 0 Å². The van der Waals surface area contributed by atoms with Gasteiger partial charge in [-0.15, -0.1) is 11.3 Å². The van der Waals surface area contributed by atoms with Crippen LogP contribution in [0.5, 0.6) is 0 Å². The highest BCUT2D eigenvalue weighted by molar-refractivity contribution is 7.12. The maximum Gasteiger partial charge on any atom is 0.345 e. The second-order valence-corrected chi connectivity index (χ2v) is 6.57. The van der Waals surface area contributed by atoms with Crippen molar-refractivity contribution in [2.45, 2.75) is 0 Å². The Morgan fingerprint density at radius 3 is 2.79 bits per heavy atom. The number of hydrogen-bond acceptors (Lipinski definition) is 7. The highest BCUT2D eigenvalue weighted by Crippen LogP contribution is 2.23. The van der Waals surface area contributed by atoms with Crippen LogP contribution in [0.3, 0.4) is 0 Å². The zero-order chi connectivity index (χ0) is 19.5. The number of nitriles is 1. The lowest BCUT2D eigenvalue weighted by atomic mass is 10.1. The molecule has 4 aromatic rings. The lowest BCUT2D eigenvalue weighted by Crippen LogP contribution is -2.04. The fraction of sp³-hybridized carbons (Fsp3) is 0. The first-order chi connectivity index (χ1) is 13.6. The summed E-state index contributed by atoms with van der Waals surface area (Å²) in [6.45, 7) is 0. The van der Waals surface area contributed by atoms with Crippen molar-refractivity contribution in [3.8, 4) is 17.3 Å². The molecule has 0 radical (unpaired) electrons. The summed E-state index contributed by atoms with van der Waals surface area (Å²) in [5, 5.41) is 16.2. The number of rotatable bonds is 4. The summed E-state index contributed by atoms with van der Waals surface area (Å²) in [5.41, 5.74) is 3.97. The van der Waals surface area contributed by atoms with Gasteiger partial charge in [-0.3, -0.25) is 5.43 Å². The molecule has 0 amide bonds. The van der Waals surface area contributed by atoms with Crippen LogP contribution in [-0.2, 0) is 0 Å². The number of nitrogens with zero attached hydrogens (tertiary/aromatic N) is 3. The summed E-state index contributed by atoms with van der Waals surface area (Å²) in [5.74, 6) is -0.367. The van der Waals surface area contributed by atoms with Gasteiger partial charge in [0.15, 0.2) is 10.7 Å². The van der Waals surface area contributed by atoms with Crippen LogP contribution in [0.2, 0.25) is 0 Å². The minimum atomic E-state index is -0.504. The lowest BCUT2D eigenvalue weighted by Gasteiger charge is -2.00. The van der Waals surface area contributed by atoms with Crippen LogP contribution in [0.25, 0.3) is 22.2 Å². The highest BCUT2D eigenvalue weighted by atomic mass is 32.1. The van der Waals surface area contributed by atoms with Crippen molar-refractivity contribution in [3.63, 3.8) is 0 Å². The van der Waals surface area contributed by atoms with E-state index in [0.29, 0.717) is 27.5 Å². The third-order valence-corrected chi connectivity index (χ3v) is 4.72. The predicted molar refractivity (Wildman–Crippen MR) is 106 cm³/mol. The molecule has 1 N–H and O–H groups in total. The summed E-state index contributed by atoms with van der Waals surface area (Å²) in [6, 6.07) is 16.4. The number of thiazole rings is 1. The Bertz CT molecular complexity index is 1290. The number of nitrogens with one attached hydrogen (secondary N) is 1. The molecular formula is C20H11FN4O2S. The molecule has 0 saturated carbocycles. The monoisotopic (exact) mass is 390 g/mol. The van der Waals surface area contributed by atoms with Crippen LogP contribution in [0.1, 0.15) is 5.01 Å². The predicted octanol–water partition coefficient (Wildman–Crippen LogP) is 4.40. The van der Waals surface area contributed by atoms with Gasteiger partial charge < -0.3 is 4.42 Å². The molecule has 136 valence electrons. The average molecular weight is 390 g/mol. The van der Waals surface area contributed by atoms with Crippen molar-refractivity contribution in [1.82, 2.24) is 4.98 Å². The summed E-state index contributed by atoms with van der Waals surface area (Å²) >= 11 is 1.18. The zero-order valence-electron chi connectivity index (χ0n) is 14.2. The van der Waals surface area contributed by atoms with Crippen LogP contribution in [0.4, 0.5) is 10.1 Å². The van der Waals surface area contributed by atoms with Gasteiger partial charge in [0.1, 0.15) is 17.5 Å². The molecule has 2 heterocycles. The summed E-state index contributed by atoms with van der Waals surface area (Å²) in [7, 11) is 0. The smallest absolute Gasteiger partial charge is 0.345 e. The Morgan fingerprint density at radius 2 is 2.00 bits per heavy atom. The van der Waals surface area contributed by atoms with Gasteiger partial charge in [-0.2, -0.15) is 10.4 Å². The Kier molecular flexibility index (Phi) is 4.66. The summed E-state index contributed by atoms with van der Waals surface area (Å²) in [4.78, 5) is 16.6. The Balaban J connectivity index is 1.65. The Morgan fingerprint density at radius 1 is 1.21 bits per heavy atom. The van der Waals surface area contributed by atoms with Gasteiger partial charge in [0.05, 0.1) is 16.9 Å². The molecule has 28 heavy (non-hydrogen) atoms. The molecular weight excluding hydrogens is 379 g/mol. The van der Waals surface area contributed by atoms with Crippen molar-refractivity contribution >= 4 is 33.7 Å². The van der Waals surface area contributed by atoms with E-state index in [-0.39, 0.29) is 11.5 Å². The number of para-hydroxylation sites is 1. The molecule has 2 aromatic heterocycles. The number of halogens is 1. The quantitative estimate of drug-likeness (QED) is 0.317. The van der Waals surface area contributed by atoms with E-state index in [2.05, 4.69) is 15.5 Å². The number of anilines is 1. The third kappa shape index (κ3) is 3.51. The minimum absolute atomic E-state index is 0.0470. The largest absolute Gasteiger partial charge is 0.422 e. The van der Waals surface area contributed by atoms with Crippen LogP contribution >= 0.6 is 11.3 Å².